The van der Waals surface area contributed by atoms with E-state index < -0.39 is 0 Å². The number of thiazole rings is 1. The molecular weight excluding hydrogens is 290 g/mol. The molecule has 0 aliphatic rings. The Morgan fingerprint density at radius 3 is 2.62 bits per heavy atom. The van der Waals surface area contributed by atoms with E-state index in [4.69, 9.17) is 5.73 Å². The molecule has 0 unspecified atom stereocenters. The number of carbonyl (C=O) groups is 2. The summed E-state index contributed by atoms with van der Waals surface area (Å²) in [6, 6.07) is 6.84. The Kier molecular flexibility index (Phi) is 5.02. The largest absolute Gasteiger partial charge is 0.465 e. The molecule has 0 bridgehead atoms. The lowest BCUT2D eigenvalue weighted by atomic mass is 10.1. The minimum absolute atomic E-state index is 0.247. The van der Waals surface area contributed by atoms with E-state index in [2.05, 4.69) is 15.0 Å². The molecule has 7 heteroatoms. The minimum atomic E-state index is -0.387. The molecule has 0 saturated heterocycles. The number of aromatic nitrogens is 1. The van der Waals surface area contributed by atoms with Gasteiger partial charge in [-0.25, -0.2) is 9.78 Å². The van der Waals surface area contributed by atoms with Crippen LogP contribution in [0.3, 0.4) is 0 Å². The molecule has 1 aromatic heterocycles. The van der Waals surface area contributed by atoms with Crippen molar-refractivity contribution in [1.82, 2.24) is 10.3 Å². The molecule has 0 aliphatic heterocycles. The van der Waals surface area contributed by atoms with Gasteiger partial charge in [0.1, 0.15) is 10.7 Å². The second-order valence-electron chi connectivity index (χ2n) is 4.20. The van der Waals surface area contributed by atoms with Gasteiger partial charge in [-0.2, -0.15) is 0 Å². The van der Waals surface area contributed by atoms with Gasteiger partial charge < -0.3 is 15.8 Å². The van der Waals surface area contributed by atoms with Gasteiger partial charge in [0.15, 0.2) is 0 Å². The molecule has 0 saturated carbocycles. The van der Waals surface area contributed by atoms with Crippen LogP contribution in [0, 0.1) is 0 Å². The van der Waals surface area contributed by atoms with E-state index in [0.29, 0.717) is 24.3 Å². The molecule has 0 aliphatic carbocycles. The van der Waals surface area contributed by atoms with Crippen LogP contribution in [0.2, 0.25) is 0 Å². The number of esters is 1. The number of rotatable bonds is 5. The molecule has 2 rings (SSSR count). The zero-order valence-corrected chi connectivity index (χ0v) is 12.3. The first-order chi connectivity index (χ1) is 10.1. The first-order valence-corrected chi connectivity index (χ1v) is 7.12. The van der Waals surface area contributed by atoms with Gasteiger partial charge in [0.2, 0.25) is 0 Å². The molecule has 0 fully saturated rings. The van der Waals surface area contributed by atoms with Gasteiger partial charge in [-0.15, -0.1) is 11.3 Å². The highest BCUT2D eigenvalue weighted by molar-refractivity contribution is 7.09. The summed E-state index contributed by atoms with van der Waals surface area (Å²) < 4.78 is 4.62. The van der Waals surface area contributed by atoms with Crippen molar-refractivity contribution in [3.05, 3.63) is 51.5 Å². The number of hydrogen-bond acceptors (Lipinski definition) is 6. The standard InChI is InChI=1S/C14H15N3O3S/c1-20-14(19)10-4-2-9(3-5-10)7-16-13(18)11-8-21-12(6-15)17-11/h2-5,8H,6-7,15H2,1H3,(H,16,18). The Labute approximate surface area is 125 Å². The van der Waals surface area contributed by atoms with Crippen molar-refractivity contribution in [2.45, 2.75) is 13.1 Å². The Morgan fingerprint density at radius 2 is 2.05 bits per heavy atom. The molecule has 0 radical (unpaired) electrons. The first-order valence-electron chi connectivity index (χ1n) is 6.24. The number of nitrogens with two attached hydrogens (primary N) is 1. The smallest absolute Gasteiger partial charge is 0.337 e. The quantitative estimate of drug-likeness (QED) is 0.812. The number of benzene rings is 1. The maximum absolute atomic E-state index is 11.9. The van der Waals surface area contributed by atoms with Crippen molar-refractivity contribution in [3.63, 3.8) is 0 Å². The zero-order chi connectivity index (χ0) is 15.2. The summed E-state index contributed by atoms with van der Waals surface area (Å²) in [7, 11) is 1.33. The predicted molar refractivity (Wildman–Crippen MR) is 79.0 cm³/mol. The lowest BCUT2D eigenvalue weighted by molar-refractivity contribution is 0.0600. The lowest BCUT2D eigenvalue weighted by Gasteiger charge is -2.04. The van der Waals surface area contributed by atoms with E-state index in [-0.39, 0.29) is 11.9 Å². The minimum Gasteiger partial charge on any atom is -0.465 e. The summed E-state index contributed by atoms with van der Waals surface area (Å²) in [5, 5.41) is 5.17. The van der Waals surface area contributed by atoms with E-state index in [1.54, 1.807) is 29.6 Å². The summed E-state index contributed by atoms with van der Waals surface area (Å²) in [5.74, 6) is -0.634. The van der Waals surface area contributed by atoms with Gasteiger partial charge in [-0.05, 0) is 17.7 Å². The van der Waals surface area contributed by atoms with Crippen molar-refractivity contribution >= 4 is 23.2 Å². The van der Waals surface area contributed by atoms with Crippen molar-refractivity contribution in [3.8, 4) is 0 Å². The van der Waals surface area contributed by atoms with Crippen LogP contribution in [-0.4, -0.2) is 24.0 Å². The number of methoxy groups -OCH3 is 1. The van der Waals surface area contributed by atoms with Crippen LogP contribution in [0.5, 0.6) is 0 Å². The second-order valence-corrected chi connectivity index (χ2v) is 5.14. The van der Waals surface area contributed by atoms with Gasteiger partial charge in [0.05, 0.1) is 12.7 Å². The lowest BCUT2D eigenvalue weighted by Crippen LogP contribution is -2.23. The maximum atomic E-state index is 11.9. The third kappa shape index (κ3) is 3.87. The molecule has 1 aromatic carbocycles. The van der Waals surface area contributed by atoms with Crippen LogP contribution in [0.15, 0.2) is 29.6 Å². The molecule has 3 N–H and O–H groups in total. The third-order valence-electron chi connectivity index (χ3n) is 2.79. The van der Waals surface area contributed by atoms with Gasteiger partial charge in [-0.1, -0.05) is 12.1 Å². The van der Waals surface area contributed by atoms with Gasteiger partial charge in [0.25, 0.3) is 5.91 Å². The number of ether oxygens (including phenoxy) is 1. The first kappa shape index (κ1) is 15.1. The highest BCUT2D eigenvalue weighted by Crippen LogP contribution is 2.09. The van der Waals surface area contributed by atoms with E-state index in [0.717, 1.165) is 10.6 Å². The Hall–Kier alpha value is -2.25. The third-order valence-corrected chi connectivity index (χ3v) is 3.66. The van der Waals surface area contributed by atoms with Gasteiger partial charge in [-0.3, -0.25) is 4.79 Å². The van der Waals surface area contributed by atoms with Crippen LogP contribution >= 0.6 is 11.3 Å². The summed E-state index contributed by atoms with van der Waals surface area (Å²) in [4.78, 5) is 27.3. The molecule has 1 heterocycles. The second kappa shape index (κ2) is 6.96. The number of hydrogen-bond donors (Lipinski definition) is 2. The maximum Gasteiger partial charge on any atom is 0.337 e. The average Bonchev–Trinajstić information content (AvgIpc) is 3.01. The fourth-order valence-electron chi connectivity index (χ4n) is 1.66. The number of nitrogens with zero attached hydrogens (tertiary/aromatic N) is 1. The predicted octanol–water partition coefficient (Wildman–Crippen LogP) is 1.32. The topological polar surface area (TPSA) is 94.3 Å². The number of nitrogens with one attached hydrogen (secondary N) is 1. The van der Waals surface area contributed by atoms with Crippen molar-refractivity contribution in [1.29, 1.82) is 0 Å². The normalized spacial score (nSPS) is 10.2. The monoisotopic (exact) mass is 305 g/mol. The Balaban J connectivity index is 1.93. The number of carbonyl (C=O) groups excluding carboxylic acids is 2. The van der Waals surface area contributed by atoms with E-state index in [1.807, 2.05) is 0 Å². The molecule has 110 valence electrons. The fraction of sp³-hybridized carbons (Fsp3) is 0.214. The van der Waals surface area contributed by atoms with Crippen molar-refractivity contribution in [2.24, 2.45) is 5.73 Å². The van der Waals surface area contributed by atoms with Crippen LogP contribution < -0.4 is 11.1 Å². The van der Waals surface area contributed by atoms with Crippen LogP contribution in [0.4, 0.5) is 0 Å². The highest BCUT2D eigenvalue weighted by atomic mass is 32.1. The SMILES string of the molecule is COC(=O)c1ccc(CNC(=O)c2csc(CN)n2)cc1. The Morgan fingerprint density at radius 1 is 1.33 bits per heavy atom. The molecule has 0 atom stereocenters. The van der Waals surface area contributed by atoms with E-state index in [9.17, 15) is 9.59 Å². The van der Waals surface area contributed by atoms with Gasteiger partial charge in [0, 0.05) is 18.5 Å². The fourth-order valence-corrected chi connectivity index (χ4v) is 2.31. The molecule has 2 aromatic rings. The zero-order valence-electron chi connectivity index (χ0n) is 11.5. The molecule has 6 nitrogen and oxygen atoms in total. The summed E-state index contributed by atoms with van der Waals surface area (Å²) >= 11 is 1.36. The van der Waals surface area contributed by atoms with Crippen LogP contribution in [0.1, 0.15) is 31.4 Å². The average molecular weight is 305 g/mol. The number of amides is 1. The summed E-state index contributed by atoms with van der Waals surface area (Å²) in [6.07, 6.45) is 0. The van der Waals surface area contributed by atoms with Crippen molar-refractivity contribution < 1.29 is 14.3 Å². The van der Waals surface area contributed by atoms with Crippen molar-refractivity contribution in [2.75, 3.05) is 7.11 Å². The molecule has 0 spiro atoms. The molecular formula is C14H15N3O3S. The highest BCUT2D eigenvalue weighted by Gasteiger charge is 2.10. The van der Waals surface area contributed by atoms with Crippen LogP contribution in [0.25, 0.3) is 0 Å². The summed E-state index contributed by atoms with van der Waals surface area (Å²) in [6.45, 7) is 0.683. The van der Waals surface area contributed by atoms with Crippen LogP contribution in [-0.2, 0) is 17.8 Å². The van der Waals surface area contributed by atoms with E-state index >= 15 is 0 Å². The Bertz CT molecular complexity index is 637. The summed E-state index contributed by atoms with van der Waals surface area (Å²) in [5.41, 5.74) is 7.18. The van der Waals surface area contributed by atoms with E-state index in [1.165, 1.54) is 18.4 Å². The molecule has 1 amide bonds. The molecule has 21 heavy (non-hydrogen) atoms. The van der Waals surface area contributed by atoms with Gasteiger partial charge >= 0.3 is 5.97 Å².